The first-order valence-electron chi connectivity index (χ1n) is 8.07. The van der Waals surface area contributed by atoms with Crippen LogP contribution in [0.2, 0.25) is 0 Å². The molecule has 3 aromatic rings. The highest BCUT2D eigenvalue weighted by Gasteiger charge is 2.34. The lowest BCUT2D eigenvalue weighted by Crippen LogP contribution is -2.24. The van der Waals surface area contributed by atoms with Gasteiger partial charge in [-0.2, -0.15) is 4.98 Å². The van der Waals surface area contributed by atoms with Crippen molar-refractivity contribution in [1.82, 2.24) is 10.1 Å². The number of anilines is 1. The van der Waals surface area contributed by atoms with Gasteiger partial charge in [0, 0.05) is 30.1 Å². The molecule has 1 unspecified atom stereocenters. The average molecular weight is 337 g/mol. The van der Waals surface area contributed by atoms with Crippen LogP contribution >= 0.6 is 0 Å². The highest BCUT2D eigenvalue weighted by Crippen LogP contribution is 2.32. The molecule has 5 nitrogen and oxygen atoms in total. The zero-order valence-electron chi connectivity index (χ0n) is 13.6. The summed E-state index contributed by atoms with van der Waals surface area (Å²) in [7, 11) is 0. The first-order chi connectivity index (χ1) is 12.1. The summed E-state index contributed by atoms with van der Waals surface area (Å²) in [6, 6.07) is 13.7. The van der Waals surface area contributed by atoms with Gasteiger partial charge in [0.15, 0.2) is 5.82 Å². The van der Waals surface area contributed by atoms with Crippen molar-refractivity contribution in [3.63, 3.8) is 0 Å². The highest BCUT2D eigenvalue weighted by molar-refractivity contribution is 5.96. The summed E-state index contributed by atoms with van der Waals surface area (Å²) < 4.78 is 18.5. The smallest absolute Gasteiger partial charge is 0.258 e. The number of aromatic nitrogens is 2. The molecule has 0 radical (unpaired) electrons. The second-order valence-electron chi connectivity index (χ2n) is 6.15. The third kappa shape index (κ3) is 2.91. The molecule has 0 aliphatic carbocycles. The van der Waals surface area contributed by atoms with E-state index in [9.17, 15) is 9.18 Å². The summed E-state index contributed by atoms with van der Waals surface area (Å²) in [6.45, 7) is 2.44. The summed E-state index contributed by atoms with van der Waals surface area (Å²) in [4.78, 5) is 18.4. The maximum Gasteiger partial charge on any atom is 0.258 e. The van der Waals surface area contributed by atoms with Crippen molar-refractivity contribution in [3.8, 4) is 11.5 Å². The summed E-state index contributed by atoms with van der Waals surface area (Å²) in [5, 5.41) is 4.07. The molecule has 1 atom stereocenters. The van der Waals surface area contributed by atoms with Gasteiger partial charge in [-0.05, 0) is 42.8 Å². The van der Waals surface area contributed by atoms with E-state index in [4.69, 9.17) is 4.52 Å². The molecule has 126 valence electrons. The number of nitrogens with zero attached hydrogens (tertiary/aromatic N) is 3. The molecule has 0 bridgehead atoms. The minimum atomic E-state index is -0.326. The van der Waals surface area contributed by atoms with Crippen LogP contribution in [0.15, 0.2) is 53.1 Å². The Morgan fingerprint density at radius 3 is 2.68 bits per heavy atom. The molecular weight excluding hydrogens is 321 g/mol. The Bertz CT molecular complexity index is 920. The molecule has 2 aromatic carbocycles. The molecule has 1 saturated heterocycles. The minimum absolute atomic E-state index is 0.0288. The molecule has 1 amide bonds. The number of hydrogen-bond acceptors (Lipinski definition) is 4. The van der Waals surface area contributed by atoms with Crippen molar-refractivity contribution in [2.45, 2.75) is 19.3 Å². The van der Waals surface area contributed by atoms with Gasteiger partial charge in [-0.25, -0.2) is 4.39 Å². The molecule has 1 aliphatic rings. The van der Waals surface area contributed by atoms with E-state index < -0.39 is 0 Å². The predicted octanol–water partition coefficient (Wildman–Crippen LogP) is 3.70. The SMILES string of the molecule is Cc1ccccc1-c1nc(C2CC(=O)N(c3ccc(F)cc3)C2)no1. The largest absolute Gasteiger partial charge is 0.334 e. The quantitative estimate of drug-likeness (QED) is 0.731. The Balaban J connectivity index is 1.57. The monoisotopic (exact) mass is 337 g/mol. The molecule has 1 aromatic heterocycles. The number of halogens is 1. The number of hydrogen-bond donors (Lipinski definition) is 0. The van der Waals surface area contributed by atoms with Gasteiger partial charge in [0.2, 0.25) is 5.91 Å². The first kappa shape index (κ1) is 15.5. The van der Waals surface area contributed by atoms with E-state index in [1.807, 2.05) is 31.2 Å². The van der Waals surface area contributed by atoms with Crippen LogP contribution in [0.5, 0.6) is 0 Å². The Hall–Kier alpha value is -3.02. The molecule has 4 rings (SSSR count). The molecule has 0 saturated carbocycles. The molecule has 1 aliphatic heterocycles. The van der Waals surface area contributed by atoms with Crippen LogP contribution in [-0.2, 0) is 4.79 Å². The molecule has 25 heavy (non-hydrogen) atoms. The number of amides is 1. The molecule has 0 spiro atoms. The fourth-order valence-corrected chi connectivity index (χ4v) is 3.07. The van der Waals surface area contributed by atoms with E-state index >= 15 is 0 Å². The summed E-state index contributed by atoms with van der Waals surface area (Å²) >= 11 is 0. The fraction of sp³-hybridized carbons (Fsp3) is 0.211. The third-order valence-corrected chi connectivity index (χ3v) is 4.45. The Labute approximate surface area is 144 Å². The molecular formula is C19H16FN3O2. The van der Waals surface area contributed by atoms with Crippen molar-refractivity contribution < 1.29 is 13.7 Å². The third-order valence-electron chi connectivity index (χ3n) is 4.45. The topological polar surface area (TPSA) is 59.2 Å². The highest BCUT2D eigenvalue weighted by atomic mass is 19.1. The molecule has 6 heteroatoms. The molecule has 2 heterocycles. The maximum absolute atomic E-state index is 13.1. The van der Waals surface area contributed by atoms with Crippen molar-refractivity contribution in [1.29, 1.82) is 0 Å². The fourth-order valence-electron chi connectivity index (χ4n) is 3.07. The van der Waals surface area contributed by atoms with Crippen molar-refractivity contribution in [3.05, 3.63) is 65.7 Å². The van der Waals surface area contributed by atoms with Crippen LogP contribution in [0.4, 0.5) is 10.1 Å². The van der Waals surface area contributed by atoms with Gasteiger partial charge in [0.25, 0.3) is 5.89 Å². The lowest BCUT2D eigenvalue weighted by molar-refractivity contribution is -0.117. The van der Waals surface area contributed by atoms with Crippen LogP contribution in [-0.4, -0.2) is 22.6 Å². The first-order valence-corrected chi connectivity index (χ1v) is 8.07. The minimum Gasteiger partial charge on any atom is -0.334 e. The molecule has 1 fully saturated rings. The van der Waals surface area contributed by atoms with E-state index in [2.05, 4.69) is 10.1 Å². The van der Waals surface area contributed by atoms with E-state index in [0.717, 1.165) is 11.1 Å². The number of aryl methyl sites for hydroxylation is 1. The second-order valence-corrected chi connectivity index (χ2v) is 6.15. The zero-order valence-corrected chi connectivity index (χ0v) is 13.6. The van der Waals surface area contributed by atoms with E-state index in [1.165, 1.54) is 12.1 Å². The number of benzene rings is 2. The number of carbonyl (C=O) groups is 1. The van der Waals surface area contributed by atoms with E-state index in [-0.39, 0.29) is 17.6 Å². The van der Waals surface area contributed by atoms with E-state index in [0.29, 0.717) is 30.4 Å². The number of rotatable bonds is 3. The van der Waals surface area contributed by atoms with Crippen molar-refractivity contribution in [2.24, 2.45) is 0 Å². The predicted molar refractivity (Wildman–Crippen MR) is 90.6 cm³/mol. The van der Waals surface area contributed by atoms with Crippen LogP contribution in [0, 0.1) is 12.7 Å². The van der Waals surface area contributed by atoms with Gasteiger partial charge in [-0.15, -0.1) is 0 Å². The Morgan fingerprint density at radius 2 is 1.92 bits per heavy atom. The van der Waals surface area contributed by atoms with Crippen molar-refractivity contribution in [2.75, 3.05) is 11.4 Å². The van der Waals surface area contributed by atoms with Crippen LogP contribution in [0.3, 0.4) is 0 Å². The lowest BCUT2D eigenvalue weighted by Gasteiger charge is -2.15. The summed E-state index contributed by atoms with van der Waals surface area (Å²) in [5.41, 5.74) is 2.62. The standard InChI is InChI=1S/C19H16FN3O2/c1-12-4-2-3-5-16(12)19-21-18(22-25-19)13-10-17(24)23(11-13)15-8-6-14(20)7-9-15/h2-9,13H,10-11H2,1H3. The van der Waals surface area contributed by atoms with Crippen molar-refractivity contribution >= 4 is 11.6 Å². The van der Waals surface area contributed by atoms with Crippen LogP contribution < -0.4 is 4.90 Å². The van der Waals surface area contributed by atoms with Gasteiger partial charge < -0.3 is 9.42 Å². The van der Waals surface area contributed by atoms with Gasteiger partial charge in [0.1, 0.15) is 5.82 Å². The summed E-state index contributed by atoms with van der Waals surface area (Å²) in [5.74, 6) is 0.489. The zero-order chi connectivity index (χ0) is 17.4. The normalized spacial score (nSPS) is 17.3. The van der Waals surface area contributed by atoms with Crippen LogP contribution in [0.25, 0.3) is 11.5 Å². The Kier molecular flexibility index (Phi) is 3.80. The van der Waals surface area contributed by atoms with Gasteiger partial charge >= 0.3 is 0 Å². The molecule has 0 N–H and O–H groups in total. The maximum atomic E-state index is 13.1. The summed E-state index contributed by atoms with van der Waals surface area (Å²) in [6.07, 6.45) is 0.310. The van der Waals surface area contributed by atoms with Gasteiger partial charge in [-0.1, -0.05) is 23.4 Å². The van der Waals surface area contributed by atoms with Crippen LogP contribution in [0.1, 0.15) is 23.7 Å². The second kappa shape index (κ2) is 6.12. The van der Waals surface area contributed by atoms with Gasteiger partial charge in [-0.3, -0.25) is 4.79 Å². The number of carbonyl (C=O) groups excluding carboxylic acids is 1. The Morgan fingerprint density at radius 1 is 1.16 bits per heavy atom. The van der Waals surface area contributed by atoms with E-state index in [1.54, 1.807) is 17.0 Å². The lowest BCUT2D eigenvalue weighted by atomic mass is 10.1. The van der Waals surface area contributed by atoms with Gasteiger partial charge in [0.05, 0.1) is 0 Å². The average Bonchev–Trinajstić information content (AvgIpc) is 3.23.